The van der Waals surface area contributed by atoms with Gasteiger partial charge in [0, 0.05) is 24.0 Å². The van der Waals surface area contributed by atoms with Crippen LogP contribution in [0.15, 0.2) is 18.7 Å². The molecule has 0 aliphatic heterocycles. The molecular formula is C14H25N3. The minimum Gasteiger partial charge on any atom is -0.313 e. The predicted molar refractivity (Wildman–Crippen MR) is 71.8 cm³/mol. The number of nitrogens with zero attached hydrogens (tertiary/aromatic N) is 2. The molecule has 0 amide bonds. The number of hydrogen-bond donors (Lipinski definition) is 1. The van der Waals surface area contributed by atoms with Crippen LogP contribution >= 0.6 is 0 Å². The van der Waals surface area contributed by atoms with Crippen molar-refractivity contribution in [1.82, 2.24) is 15.3 Å². The first kappa shape index (κ1) is 14.1. The van der Waals surface area contributed by atoms with Crippen LogP contribution in [0.4, 0.5) is 0 Å². The van der Waals surface area contributed by atoms with Crippen molar-refractivity contribution in [3.05, 3.63) is 24.3 Å². The molecule has 0 spiro atoms. The Labute approximate surface area is 105 Å². The summed E-state index contributed by atoms with van der Waals surface area (Å²) >= 11 is 0. The standard InChI is InChI=1S/C14H25N3/c1-4-6-7-12(5-2)8-14(15-3)13-9-16-11-17-10-13/h9-12,14-15H,4-8H2,1-3H3. The second-order valence-electron chi connectivity index (χ2n) is 4.67. The zero-order valence-corrected chi connectivity index (χ0v) is 11.3. The molecule has 3 nitrogen and oxygen atoms in total. The summed E-state index contributed by atoms with van der Waals surface area (Å²) in [6, 6.07) is 0.387. The van der Waals surface area contributed by atoms with Crippen molar-refractivity contribution >= 4 is 0 Å². The van der Waals surface area contributed by atoms with Crippen molar-refractivity contribution in [1.29, 1.82) is 0 Å². The monoisotopic (exact) mass is 235 g/mol. The van der Waals surface area contributed by atoms with Crippen LogP contribution in [0.2, 0.25) is 0 Å². The van der Waals surface area contributed by atoms with Gasteiger partial charge in [0.05, 0.1) is 0 Å². The Morgan fingerprint density at radius 3 is 2.47 bits per heavy atom. The van der Waals surface area contributed by atoms with E-state index in [4.69, 9.17) is 0 Å². The lowest BCUT2D eigenvalue weighted by molar-refractivity contribution is 0.364. The van der Waals surface area contributed by atoms with Crippen LogP contribution in [0.1, 0.15) is 57.6 Å². The Hall–Kier alpha value is -0.960. The summed E-state index contributed by atoms with van der Waals surface area (Å²) in [5, 5.41) is 3.38. The molecule has 1 N–H and O–H groups in total. The zero-order chi connectivity index (χ0) is 12.5. The number of hydrogen-bond acceptors (Lipinski definition) is 3. The van der Waals surface area contributed by atoms with Gasteiger partial charge in [-0.05, 0) is 19.4 Å². The molecule has 96 valence electrons. The van der Waals surface area contributed by atoms with Gasteiger partial charge < -0.3 is 5.32 Å². The molecule has 0 bridgehead atoms. The van der Waals surface area contributed by atoms with Crippen molar-refractivity contribution in [2.24, 2.45) is 5.92 Å². The van der Waals surface area contributed by atoms with Gasteiger partial charge in [0.25, 0.3) is 0 Å². The van der Waals surface area contributed by atoms with Crippen LogP contribution in [0.5, 0.6) is 0 Å². The van der Waals surface area contributed by atoms with E-state index in [0.29, 0.717) is 6.04 Å². The maximum absolute atomic E-state index is 4.10. The second kappa shape index (κ2) is 8.18. The lowest BCUT2D eigenvalue weighted by Crippen LogP contribution is -2.20. The third kappa shape index (κ3) is 4.82. The Bertz CT molecular complexity index is 287. The van der Waals surface area contributed by atoms with Gasteiger partial charge in [-0.3, -0.25) is 0 Å². The number of unbranched alkanes of at least 4 members (excludes halogenated alkanes) is 1. The molecule has 0 aliphatic carbocycles. The van der Waals surface area contributed by atoms with Gasteiger partial charge >= 0.3 is 0 Å². The smallest absolute Gasteiger partial charge is 0.115 e. The highest BCUT2D eigenvalue weighted by Gasteiger charge is 2.15. The molecule has 0 aliphatic rings. The summed E-state index contributed by atoms with van der Waals surface area (Å²) in [5.74, 6) is 0.799. The summed E-state index contributed by atoms with van der Waals surface area (Å²) in [4.78, 5) is 8.20. The van der Waals surface area contributed by atoms with E-state index in [0.717, 1.165) is 5.92 Å². The van der Waals surface area contributed by atoms with Crippen molar-refractivity contribution in [3.8, 4) is 0 Å². The van der Waals surface area contributed by atoms with Crippen molar-refractivity contribution in [2.75, 3.05) is 7.05 Å². The molecule has 2 unspecified atom stereocenters. The first-order valence-corrected chi connectivity index (χ1v) is 6.73. The Balaban J connectivity index is 2.56. The van der Waals surface area contributed by atoms with E-state index < -0.39 is 0 Å². The Morgan fingerprint density at radius 1 is 1.24 bits per heavy atom. The number of aromatic nitrogens is 2. The minimum absolute atomic E-state index is 0.387. The van der Waals surface area contributed by atoms with Crippen LogP contribution in [0.3, 0.4) is 0 Å². The Kier molecular flexibility index (Phi) is 6.78. The van der Waals surface area contributed by atoms with E-state index in [1.54, 1.807) is 6.33 Å². The quantitative estimate of drug-likeness (QED) is 0.751. The highest BCUT2D eigenvalue weighted by atomic mass is 14.9. The molecule has 0 radical (unpaired) electrons. The maximum atomic E-state index is 4.10. The summed E-state index contributed by atoms with van der Waals surface area (Å²) in [6.07, 6.45) is 11.8. The fourth-order valence-electron chi connectivity index (χ4n) is 2.23. The SMILES string of the molecule is CCCCC(CC)CC(NC)c1cncnc1. The van der Waals surface area contributed by atoms with E-state index >= 15 is 0 Å². The molecule has 3 heteroatoms. The van der Waals surface area contributed by atoms with Gasteiger partial charge in [0.15, 0.2) is 0 Å². The first-order valence-electron chi connectivity index (χ1n) is 6.73. The van der Waals surface area contributed by atoms with E-state index in [2.05, 4.69) is 29.1 Å². The number of rotatable bonds is 8. The van der Waals surface area contributed by atoms with Crippen LogP contribution in [0, 0.1) is 5.92 Å². The van der Waals surface area contributed by atoms with Crippen LogP contribution < -0.4 is 5.32 Å². The molecule has 1 heterocycles. The molecular weight excluding hydrogens is 210 g/mol. The fourth-order valence-corrected chi connectivity index (χ4v) is 2.23. The molecule has 0 saturated heterocycles. The zero-order valence-electron chi connectivity index (χ0n) is 11.3. The minimum atomic E-state index is 0.387. The van der Waals surface area contributed by atoms with Crippen molar-refractivity contribution in [2.45, 2.75) is 52.0 Å². The van der Waals surface area contributed by atoms with Crippen LogP contribution in [-0.2, 0) is 0 Å². The van der Waals surface area contributed by atoms with Crippen LogP contribution in [0.25, 0.3) is 0 Å². The van der Waals surface area contributed by atoms with Gasteiger partial charge in [-0.2, -0.15) is 0 Å². The first-order chi connectivity index (χ1) is 8.31. The van der Waals surface area contributed by atoms with Crippen molar-refractivity contribution in [3.63, 3.8) is 0 Å². The van der Waals surface area contributed by atoms with Gasteiger partial charge in [0.1, 0.15) is 6.33 Å². The maximum Gasteiger partial charge on any atom is 0.115 e. The van der Waals surface area contributed by atoms with Gasteiger partial charge in [-0.15, -0.1) is 0 Å². The molecule has 1 rings (SSSR count). The predicted octanol–water partition coefficient (Wildman–Crippen LogP) is 3.34. The molecule has 0 aromatic carbocycles. The van der Waals surface area contributed by atoms with E-state index in [9.17, 15) is 0 Å². The molecule has 0 fully saturated rings. The van der Waals surface area contributed by atoms with Crippen LogP contribution in [-0.4, -0.2) is 17.0 Å². The van der Waals surface area contributed by atoms with E-state index in [-0.39, 0.29) is 0 Å². The average Bonchev–Trinajstić information content (AvgIpc) is 2.40. The summed E-state index contributed by atoms with van der Waals surface area (Å²) in [7, 11) is 2.02. The Morgan fingerprint density at radius 2 is 1.94 bits per heavy atom. The van der Waals surface area contributed by atoms with Gasteiger partial charge in [0.2, 0.25) is 0 Å². The summed E-state index contributed by atoms with van der Waals surface area (Å²) in [6.45, 7) is 4.54. The largest absolute Gasteiger partial charge is 0.313 e. The molecule has 2 atom stereocenters. The average molecular weight is 235 g/mol. The topological polar surface area (TPSA) is 37.8 Å². The lowest BCUT2D eigenvalue weighted by atomic mass is 9.90. The van der Waals surface area contributed by atoms with Gasteiger partial charge in [-0.25, -0.2) is 9.97 Å². The number of nitrogens with one attached hydrogen (secondary N) is 1. The van der Waals surface area contributed by atoms with E-state index in [1.165, 1.54) is 37.7 Å². The van der Waals surface area contributed by atoms with Gasteiger partial charge in [-0.1, -0.05) is 39.5 Å². The third-order valence-corrected chi connectivity index (χ3v) is 3.44. The third-order valence-electron chi connectivity index (χ3n) is 3.44. The molecule has 1 aromatic heterocycles. The molecule has 0 saturated carbocycles. The summed E-state index contributed by atoms with van der Waals surface area (Å²) < 4.78 is 0. The molecule has 17 heavy (non-hydrogen) atoms. The molecule has 1 aromatic rings. The lowest BCUT2D eigenvalue weighted by Gasteiger charge is -2.22. The van der Waals surface area contributed by atoms with Crippen molar-refractivity contribution < 1.29 is 0 Å². The highest BCUT2D eigenvalue weighted by molar-refractivity contribution is 5.09. The highest BCUT2D eigenvalue weighted by Crippen LogP contribution is 2.25. The fraction of sp³-hybridized carbons (Fsp3) is 0.714. The van der Waals surface area contributed by atoms with E-state index in [1.807, 2.05) is 19.4 Å². The summed E-state index contributed by atoms with van der Waals surface area (Å²) in [5.41, 5.74) is 1.20. The normalized spacial score (nSPS) is 14.5. The second-order valence-corrected chi connectivity index (χ2v) is 4.67.